The van der Waals surface area contributed by atoms with Crippen LogP contribution in [0.5, 0.6) is 0 Å². The summed E-state index contributed by atoms with van der Waals surface area (Å²) in [6.07, 6.45) is -7.74. The Balaban J connectivity index is 5.06. The molecule has 0 rings (SSSR count). The second-order valence-electron chi connectivity index (χ2n) is 5.33. The molecule has 14 heteroatoms. The van der Waals surface area contributed by atoms with Gasteiger partial charge in [-0.3, -0.25) is 14.4 Å². The molecule has 0 unspecified atom stereocenters. The molecule has 0 spiro atoms. The molecule has 0 heterocycles. The normalized spacial score (nSPS) is 18.1. The quantitative estimate of drug-likeness (QED) is 0.121. The summed E-state index contributed by atoms with van der Waals surface area (Å²) in [5.74, 6) is -2.58. The summed E-state index contributed by atoms with van der Waals surface area (Å²) in [6, 6.07) is 0. The van der Waals surface area contributed by atoms with Crippen LogP contribution in [0.3, 0.4) is 0 Å². The van der Waals surface area contributed by atoms with Crippen LogP contribution in [0.15, 0.2) is 0 Å². The second-order valence-corrected chi connectivity index (χ2v) is 5.33. The molecule has 0 saturated carbocycles. The van der Waals surface area contributed by atoms with E-state index in [1.165, 1.54) is 0 Å². The van der Waals surface area contributed by atoms with Gasteiger partial charge in [-0.05, 0) is 0 Å². The van der Waals surface area contributed by atoms with Crippen LogP contribution < -0.4 is 0 Å². The van der Waals surface area contributed by atoms with Crippen molar-refractivity contribution >= 4 is 37.7 Å². The van der Waals surface area contributed by atoms with Crippen LogP contribution in [0.4, 0.5) is 0 Å². The molecular formula is C16H22O14. The summed E-state index contributed by atoms with van der Waals surface area (Å²) >= 11 is 0. The molecule has 0 radical (unpaired) electrons. The summed E-state index contributed by atoms with van der Waals surface area (Å²) in [4.78, 5) is 65.8. The molecule has 30 heavy (non-hydrogen) atoms. The van der Waals surface area contributed by atoms with Gasteiger partial charge in [0.05, 0.1) is 19.8 Å². The zero-order chi connectivity index (χ0) is 23.0. The summed E-state index contributed by atoms with van der Waals surface area (Å²) in [5, 5.41) is 27.1. The number of aliphatic hydroxyl groups excluding tert-OH is 3. The Morgan fingerprint density at radius 1 is 0.667 bits per heavy atom. The van der Waals surface area contributed by atoms with E-state index in [2.05, 4.69) is 0 Å². The van der Waals surface area contributed by atoms with Crippen LogP contribution in [0, 0.1) is 0 Å². The topological polar surface area (TPSA) is 209 Å². The Morgan fingerprint density at radius 2 is 1.20 bits per heavy atom. The number of hydrogen-bond acceptors (Lipinski definition) is 14. The van der Waals surface area contributed by atoms with E-state index < -0.39 is 63.1 Å². The molecule has 0 amide bonds. The van der Waals surface area contributed by atoms with E-state index in [9.17, 15) is 33.9 Å². The number of ether oxygens (including phenoxy) is 5. The number of aldehydes is 6. The molecule has 170 valence electrons. The van der Waals surface area contributed by atoms with E-state index in [4.69, 9.17) is 33.9 Å². The summed E-state index contributed by atoms with van der Waals surface area (Å²) < 4.78 is 24.3. The zero-order valence-corrected chi connectivity index (χ0v) is 15.5. The fourth-order valence-electron chi connectivity index (χ4n) is 1.72. The van der Waals surface area contributed by atoms with Crippen molar-refractivity contribution in [2.75, 3.05) is 26.4 Å². The predicted octanol–water partition coefficient (Wildman–Crippen LogP) is -4.31. The third-order valence-corrected chi connectivity index (χ3v) is 3.15. The van der Waals surface area contributed by atoms with Crippen molar-refractivity contribution in [1.29, 1.82) is 0 Å². The number of hydrogen-bond donors (Lipinski definition) is 3. The van der Waals surface area contributed by atoms with Crippen molar-refractivity contribution in [1.82, 2.24) is 0 Å². The number of carbonyl (C=O) groups excluding carboxylic acids is 6. The van der Waals surface area contributed by atoms with Gasteiger partial charge in [0.25, 0.3) is 5.79 Å². The average Bonchev–Trinajstić information content (AvgIpc) is 2.80. The van der Waals surface area contributed by atoms with E-state index in [-0.39, 0.29) is 37.7 Å². The standard InChI is InChI=1S/C16H22O14/c17-1-11(2-18)27-14(6-22)26-8-13(5-21)28-15(7-23)30-16(9-24,10-25)29-12(3-19)4-20/h1,3,5-7,9,11-15,18,20,25H,2,4,8,10H2/t11-,12-,13-,14-,15+,16+/m0/s1. The van der Waals surface area contributed by atoms with Gasteiger partial charge in [0.1, 0.15) is 24.9 Å². The fourth-order valence-corrected chi connectivity index (χ4v) is 1.72. The molecular weight excluding hydrogens is 416 g/mol. The monoisotopic (exact) mass is 438 g/mol. The van der Waals surface area contributed by atoms with Crippen molar-refractivity contribution in [3.8, 4) is 0 Å². The molecule has 0 saturated heterocycles. The maximum atomic E-state index is 11.3. The van der Waals surface area contributed by atoms with Crippen LogP contribution in [0.2, 0.25) is 0 Å². The minimum absolute atomic E-state index is 0.0233. The zero-order valence-electron chi connectivity index (χ0n) is 15.5. The van der Waals surface area contributed by atoms with Crippen LogP contribution in [-0.2, 0) is 52.5 Å². The first-order chi connectivity index (χ1) is 14.4. The first kappa shape index (κ1) is 27.7. The van der Waals surface area contributed by atoms with Crippen molar-refractivity contribution in [2.45, 2.75) is 36.7 Å². The van der Waals surface area contributed by atoms with Crippen LogP contribution in [0.1, 0.15) is 0 Å². The highest BCUT2D eigenvalue weighted by atomic mass is 16.8. The van der Waals surface area contributed by atoms with Crippen molar-refractivity contribution in [3.63, 3.8) is 0 Å². The molecule has 0 aromatic rings. The summed E-state index contributed by atoms with van der Waals surface area (Å²) in [6.45, 7) is -3.50. The minimum Gasteiger partial charge on any atom is -0.393 e. The first-order valence-corrected chi connectivity index (χ1v) is 8.24. The first-order valence-electron chi connectivity index (χ1n) is 8.24. The van der Waals surface area contributed by atoms with Gasteiger partial charge in [0, 0.05) is 0 Å². The molecule has 0 aromatic carbocycles. The smallest absolute Gasteiger partial charge is 0.253 e. The number of rotatable bonds is 20. The largest absolute Gasteiger partial charge is 0.393 e. The number of aliphatic hydroxyl groups is 3. The lowest BCUT2D eigenvalue weighted by Crippen LogP contribution is -2.50. The highest BCUT2D eigenvalue weighted by molar-refractivity contribution is 5.64. The lowest BCUT2D eigenvalue weighted by molar-refractivity contribution is -0.303. The molecule has 0 aromatic heterocycles. The second kappa shape index (κ2) is 15.5. The Kier molecular flexibility index (Phi) is 14.3. The molecule has 0 aliphatic heterocycles. The molecule has 3 N–H and O–H groups in total. The minimum atomic E-state index is -2.58. The maximum Gasteiger partial charge on any atom is 0.253 e. The average molecular weight is 438 g/mol. The van der Waals surface area contributed by atoms with Gasteiger partial charge >= 0.3 is 0 Å². The van der Waals surface area contributed by atoms with E-state index in [1.807, 2.05) is 0 Å². The van der Waals surface area contributed by atoms with Crippen molar-refractivity contribution in [2.24, 2.45) is 0 Å². The molecule has 6 atom stereocenters. The van der Waals surface area contributed by atoms with Gasteiger partial charge in [-0.1, -0.05) is 0 Å². The van der Waals surface area contributed by atoms with E-state index >= 15 is 0 Å². The maximum absolute atomic E-state index is 11.3. The van der Waals surface area contributed by atoms with Crippen molar-refractivity contribution < 1.29 is 67.8 Å². The lowest BCUT2D eigenvalue weighted by Gasteiger charge is -2.31. The highest BCUT2D eigenvalue weighted by Crippen LogP contribution is 2.16. The van der Waals surface area contributed by atoms with Crippen LogP contribution in [-0.4, -0.2) is 116 Å². The van der Waals surface area contributed by atoms with E-state index in [0.717, 1.165) is 0 Å². The summed E-state index contributed by atoms with van der Waals surface area (Å²) in [7, 11) is 0. The van der Waals surface area contributed by atoms with Gasteiger partial charge < -0.3 is 53.4 Å². The van der Waals surface area contributed by atoms with Gasteiger partial charge in [-0.15, -0.1) is 0 Å². The van der Waals surface area contributed by atoms with Gasteiger partial charge in [0.2, 0.25) is 12.6 Å². The molecule has 0 fully saturated rings. The fraction of sp³-hybridized carbons (Fsp3) is 0.625. The van der Waals surface area contributed by atoms with E-state index in [0.29, 0.717) is 0 Å². The Labute approximate surface area is 169 Å². The molecule has 14 nitrogen and oxygen atoms in total. The van der Waals surface area contributed by atoms with Crippen LogP contribution in [0.25, 0.3) is 0 Å². The van der Waals surface area contributed by atoms with Gasteiger partial charge in [0.15, 0.2) is 37.7 Å². The highest BCUT2D eigenvalue weighted by Gasteiger charge is 2.38. The predicted molar refractivity (Wildman–Crippen MR) is 89.6 cm³/mol. The third-order valence-electron chi connectivity index (χ3n) is 3.15. The van der Waals surface area contributed by atoms with Gasteiger partial charge in [-0.25, -0.2) is 0 Å². The molecule has 0 bridgehead atoms. The summed E-state index contributed by atoms with van der Waals surface area (Å²) in [5.41, 5.74) is 0. The lowest BCUT2D eigenvalue weighted by atomic mass is 10.3. The Bertz CT molecular complexity index is 554. The van der Waals surface area contributed by atoms with Crippen LogP contribution >= 0.6 is 0 Å². The molecule has 0 aliphatic carbocycles. The van der Waals surface area contributed by atoms with E-state index in [1.54, 1.807) is 0 Å². The Hall–Kier alpha value is -2.30. The SMILES string of the molecule is O=C[C@H](O[C@@H](C=O)CO[C@H](C=O)O[C@@H](C=O)CO)O[C@](C=O)(CO)O[C@@H](C=O)CO. The molecule has 0 aliphatic rings. The van der Waals surface area contributed by atoms with Gasteiger partial charge in [-0.2, -0.15) is 0 Å². The Morgan fingerprint density at radius 3 is 1.60 bits per heavy atom. The van der Waals surface area contributed by atoms with Crippen molar-refractivity contribution in [3.05, 3.63) is 0 Å². The third kappa shape index (κ3) is 9.47. The number of carbonyl (C=O) groups is 6.